The second-order valence-corrected chi connectivity index (χ2v) is 6.98. The molecule has 0 amide bonds. The molecule has 0 saturated carbocycles. The van der Waals surface area contributed by atoms with E-state index < -0.39 is 4.32 Å². The number of carbonyl (C=O) groups excluding carboxylic acids is 1. The summed E-state index contributed by atoms with van der Waals surface area (Å²) >= 11 is 3.59. The quantitative estimate of drug-likeness (QED) is 0.427. The Labute approximate surface area is 134 Å². The highest BCUT2D eigenvalue weighted by atomic mass is 79.9. The van der Waals surface area contributed by atoms with Crippen molar-refractivity contribution in [2.24, 2.45) is 0 Å². The second-order valence-electron chi connectivity index (χ2n) is 5.46. The van der Waals surface area contributed by atoms with Crippen LogP contribution in [0.15, 0.2) is 42.3 Å². The Morgan fingerprint density at radius 2 is 2.05 bits per heavy atom. The molecular weight excluding hydrogens is 330 g/mol. The number of cyclic esters (lactones) is 1. The Bertz CT molecular complexity index is 501. The standard InChI is InChI=1S/C17H22BrNO2/c1-2-3-4-8-11-17(18)12-15(21-16(17)20)13-19-14-9-6-5-7-10-14/h5-7,9-10,13,19H,2-4,8,11-12H2,1H3. The monoisotopic (exact) mass is 351 g/mol. The third kappa shape index (κ3) is 4.60. The van der Waals surface area contributed by atoms with Crippen LogP contribution < -0.4 is 5.32 Å². The zero-order valence-electron chi connectivity index (χ0n) is 12.4. The molecule has 4 heteroatoms. The van der Waals surface area contributed by atoms with Gasteiger partial charge in [-0.1, -0.05) is 66.7 Å². The molecule has 3 nitrogen and oxygen atoms in total. The first kappa shape index (κ1) is 16.1. The number of ether oxygens (including phenoxy) is 1. The minimum Gasteiger partial charge on any atom is -0.428 e. The third-order valence-electron chi connectivity index (χ3n) is 3.64. The van der Waals surface area contributed by atoms with E-state index in [0.29, 0.717) is 12.2 Å². The highest BCUT2D eigenvalue weighted by Crippen LogP contribution is 2.40. The predicted molar refractivity (Wildman–Crippen MR) is 89.3 cm³/mol. The lowest BCUT2D eigenvalue weighted by Gasteiger charge is -2.15. The summed E-state index contributed by atoms with van der Waals surface area (Å²) in [5.41, 5.74) is 0.982. The molecule has 1 aliphatic rings. The van der Waals surface area contributed by atoms with Crippen LogP contribution >= 0.6 is 15.9 Å². The fraction of sp³-hybridized carbons (Fsp3) is 0.471. The van der Waals surface area contributed by atoms with Gasteiger partial charge in [-0.2, -0.15) is 0 Å². The van der Waals surface area contributed by atoms with Gasteiger partial charge in [0.15, 0.2) is 0 Å². The van der Waals surface area contributed by atoms with Crippen molar-refractivity contribution in [2.75, 3.05) is 5.32 Å². The molecule has 114 valence electrons. The van der Waals surface area contributed by atoms with Gasteiger partial charge in [-0.3, -0.25) is 4.79 Å². The van der Waals surface area contributed by atoms with Gasteiger partial charge < -0.3 is 10.1 Å². The lowest BCUT2D eigenvalue weighted by molar-refractivity contribution is -0.137. The van der Waals surface area contributed by atoms with Crippen LogP contribution in [0.5, 0.6) is 0 Å². The van der Waals surface area contributed by atoms with Crippen LogP contribution in [0, 0.1) is 0 Å². The smallest absolute Gasteiger partial charge is 0.328 e. The fourth-order valence-corrected chi connectivity index (χ4v) is 3.03. The van der Waals surface area contributed by atoms with Gasteiger partial charge in [-0.15, -0.1) is 0 Å². The van der Waals surface area contributed by atoms with Crippen LogP contribution in [0.2, 0.25) is 0 Å². The van der Waals surface area contributed by atoms with Gasteiger partial charge in [-0.25, -0.2) is 0 Å². The van der Waals surface area contributed by atoms with Crippen molar-refractivity contribution >= 4 is 27.6 Å². The molecule has 0 radical (unpaired) electrons. The maximum absolute atomic E-state index is 12.0. The minimum atomic E-state index is -0.537. The highest BCUT2D eigenvalue weighted by molar-refractivity contribution is 9.10. The van der Waals surface area contributed by atoms with Gasteiger partial charge in [0, 0.05) is 18.3 Å². The lowest BCUT2D eigenvalue weighted by Crippen LogP contribution is -2.26. The second kappa shape index (κ2) is 7.64. The average Bonchev–Trinajstić information content (AvgIpc) is 2.78. The molecule has 1 fully saturated rings. The number of hydrogen-bond donors (Lipinski definition) is 1. The molecule has 0 aromatic heterocycles. The van der Waals surface area contributed by atoms with Crippen LogP contribution in [-0.4, -0.2) is 10.3 Å². The molecule has 1 aliphatic heterocycles. The van der Waals surface area contributed by atoms with Crippen molar-refractivity contribution < 1.29 is 9.53 Å². The maximum atomic E-state index is 12.0. The van der Waals surface area contributed by atoms with Crippen molar-refractivity contribution in [1.82, 2.24) is 0 Å². The Hall–Kier alpha value is -1.29. The summed E-state index contributed by atoms with van der Waals surface area (Å²) in [5, 5.41) is 3.16. The Balaban J connectivity index is 1.89. The normalized spacial score (nSPS) is 23.3. The Morgan fingerprint density at radius 3 is 2.76 bits per heavy atom. The molecule has 1 aromatic rings. The number of halogens is 1. The summed E-state index contributed by atoms with van der Waals surface area (Å²) < 4.78 is 4.83. The predicted octanol–water partition coefficient (Wildman–Crippen LogP) is 4.99. The number of allylic oxidation sites excluding steroid dienone is 1. The van der Waals surface area contributed by atoms with Crippen molar-refractivity contribution in [3.63, 3.8) is 0 Å². The summed E-state index contributed by atoms with van der Waals surface area (Å²) in [6.45, 7) is 2.18. The Morgan fingerprint density at radius 1 is 1.29 bits per heavy atom. The summed E-state index contributed by atoms with van der Waals surface area (Å²) in [6, 6.07) is 9.84. The number of anilines is 1. The van der Waals surface area contributed by atoms with Gasteiger partial charge >= 0.3 is 5.97 Å². The van der Waals surface area contributed by atoms with E-state index in [1.54, 1.807) is 6.20 Å². The van der Waals surface area contributed by atoms with E-state index in [-0.39, 0.29) is 5.97 Å². The number of rotatable bonds is 7. The van der Waals surface area contributed by atoms with Gasteiger partial charge in [0.25, 0.3) is 0 Å². The molecule has 1 saturated heterocycles. The van der Waals surface area contributed by atoms with Crippen molar-refractivity contribution in [3.8, 4) is 0 Å². The minimum absolute atomic E-state index is 0.167. The fourth-order valence-electron chi connectivity index (χ4n) is 2.40. The number of nitrogens with one attached hydrogen (secondary N) is 1. The molecule has 2 rings (SSSR count). The number of para-hydroxylation sites is 1. The average molecular weight is 352 g/mol. The van der Waals surface area contributed by atoms with Crippen LogP contribution in [0.4, 0.5) is 5.69 Å². The number of unbranched alkanes of at least 4 members (excludes halogenated alkanes) is 3. The van der Waals surface area contributed by atoms with E-state index in [9.17, 15) is 4.79 Å². The maximum Gasteiger partial charge on any atom is 0.328 e. The van der Waals surface area contributed by atoms with Gasteiger partial charge in [0.2, 0.25) is 0 Å². The molecular formula is C17H22BrNO2. The first-order chi connectivity index (χ1) is 10.1. The number of esters is 1. The largest absolute Gasteiger partial charge is 0.428 e. The summed E-state index contributed by atoms with van der Waals surface area (Å²) in [4.78, 5) is 12.0. The molecule has 1 unspecified atom stereocenters. The summed E-state index contributed by atoms with van der Waals surface area (Å²) in [7, 11) is 0. The zero-order chi connectivity index (χ0) is 15.1. The first-order valence-electron chi connectivity index (χ1n) is 7.56. The SMILES string of the molecule is CCCCCCC1(Br)CC(=CNc2ccccc2)OC1=O. The third-order valence-corrected chi connectivity index (χ3v) is 4.64. The van der Waals surface area contributed by atoms with Crippen molar-refractivity contribution in [3.05, 3.63) is 42.3 Å². The van der Waals surface area contributed by atoms with Crippen LogP contribution in [0.25, 0.3) is 0 Å². The lowest BCUT2D eigenvalue weighted by atomic mass is 9.98. The van der Waals surface area contributed by atoms with E-state index in [1.165, 1.54) is 19.3 Å². The summed E-state index contributed by atoms with van der Waals surface area (Å²) in [5.74, 6) is 0.524. The van der Waals surface area contributed by atoms with Crippen LogP contribution in [0.1, 0.15) is 45.4 Å². The molecule has 0 bridgehead atoms. The van der Waals surface area contributed by atoms with Crippen LogP contribution in [-0.2, 0) is 9.53 Å². The van der Waals surface area contributed by atoms with Crippen LogP contribution in [0.3, 0.4) is 0 Å². The Kier molecular flexibility index (Phi) is 5.85. The summed E-state index contributed by atoms with van der Waals surface area (Å²) in [6.07, 6.45) is 7.85. The van der Waals surface area contributed by atoms with E-state index in [1.807, 2.05) is 30.3 Å². The highest BCUT2D eigenvalue weighted by Gasteiger charge is 2.44. The van der Waals surface area contributed by atoms with Crippen molar-refractivity contribution in [1.29, 1.82) is 0 Å². The molecule has 21 heavy (non-hydrogen) atoms. The topological polar surface area (TPSA) is 38.3 Å². The number of benzene rings is 1. The van der Waals surface area contributed by atoms with E-state index in [2.05, 4.69) is 28.2 Å². The number of hydrogen-bond acceptors (Lipinski definition) is 3. The van der Waals surface area contributed by atoms with E-state index >= 15 is 0 Å². The molecule has 1 atom stereocenters. The number of carbonyl (C=O) groups is 1. The zero-order valence-corrected chi connectivity index (χ0v) is 14.0. The van der Waals surface area contributed by atoms with Gasteiger partial charge in [-0.05, 0) is 18.6 Å². The molecule has 1 N–H and O–H groups in total. The van der Waals surface area contributed by atoms with Gasteiger partial charge in [0.1, 0.15) is 10.1 Å². The van der Waals surface area contributed by atoms with Crippen molar-refractivity contribution in [2.45, 2.75) is 49.8 Å². The molecule has 1 heterocycles. The molecule has 0 spiro atoms. The van der Waals surface area contributed by atoms with E-state index in [4.69, 9.17) is 4.74 Å². The molecule has 1 aromatic carbocycles. The van der Waals surface area contributed by atoms with Gasteiger partial charge in [0.05, 0.1) is 0 Å². The first-order valence-corrected chi connectivity index (χ1v) is 8.35. The van der Waals surface area contributed by atoms with E-state index in [0.717, 1.165) is 18.5 Å². The molecule has 0 aliphatic carbocycles. The number of alkyl halides is 1.